The summed E-state index contributed by atoms with van der Waals surface area (Å²) in [6.07, 6.45) is 0.380. The van der Waals surface area contributed by atoms with Crippen LogP contribution in [0, 0.1) is 11.3 Å². The summed E-state index contributed by atoms with van der Waals surface area (Å²) in [6, 6.07) is 1.95. The van der Waals surface area contributed by atoms with E-state index in [9.17, 15) is 13.2 Å². The number of hydrogen-bond donors (Lipinski definition) is 0. The van der Waals surface area contributed by atoms with E-state index in [4.69, 9.17) is 5.26 Å². The summed E-state index contributed by atoms with van der Waals surface area (Å²) >= 11 is 0. The summed E-state index contributed by atoms with van der Waals surface area (Å²) in [4.78, 5) is 12.9. The van der Waals surface area contributed by atoms with Crippen LogP contribution in [0.3, 0.4) is 0 Å². The number of ether oxygens (including phenoxy) is 1. The highest BCUT2D eigenvalue weighted by Crippen LogP contribution is 2.11. The monoisotopic (exact) mass is 303 g/mol. The molecular weight excluding hydrogens is 282 g/mol. The number of sulfonamides is 1. The topological polar surface area (TPSA) is 90.7 Å². The molecule has 0 aromatic rings. The van der Waals surface area contributed by atoms with Gasteiger partial charge in [-0.1, -0.05) is 0 Å². The Labute approximate surface area is 120 Å². The molecule has 0 N–H and O–H groups in total. The number of esters is 1. The third kappa shape index (κ3) is 4.74. The van der Waals surface area contributed by atoms with Crippen LogP contribution in [-0.2, 0) is 19.6 Å². The molecule has 0 spiro atoms. The van der Waals surface area contributed by atoms with Gasteiger partial charge in [0.05, 0.1) is 25.0 Å². The number of nitrogens with zero attached hydrogens (tertiary/aromatic N) is 3. The zero-order valence-electron chi connectivity index (χ0n) is 11.9. The lowest BCUT2D eigenvalue weighted by atomic mass is 10.2. The zero-order valence-corrected chi connectivity index (χ0v) is 12.7. The van der Waals surface area contributed by atoms with Crippen LogP contribution in [0.25, 0.3) is 0 Å². The first-order valence-corrected chi connectivity index (χ1v) is 8.20. The van der Waals surface area contributed by atoms with E-state index in [-0.39, 0.29) is 24.6 Å². The molecule has 8 heteroatoms. The van der Waals surface area contributed by atoms with E-state index in [0.29, 0.717) is 26.2 Å². The lowest BCUT2D eigenvalue weighted by molar-refractivity contribution is -0.140. The van der Waals surface area contributed by atoms with Crippen molar-refractivity contribution in [3.63, 3.8) is 0 Å². The van der Waals surface area contributed by atoms with Crippen molar-refractivity contribution in [1.29, 1.82) is 5.26 Å². The Morgan fingerprint density at radius 1 is 1.35 bits per heavy atom. The van der Waals surface area contributed by atoms with Crippen LogP contribution in [0.1, 0.15) is 19.8 Å². The van der Waals surface area contributed by atoms with Gasteiger partial charge in [0.1, 0.15) is 0 Å². The molecule has 1 aliphatic rings. The maximum atomic E-state index is 12.1. The van der Waals surface area contributed by atoms with Crippen molar-refractivity contribution in [1.82, 2.24) is 9.21 Å². The number of nitriles is 1. The first-order chi connectivity index (χ1) is 9.40. The Balaban J connectivity index is 2.43. The number of carbonyl (C=O) groups excluding carboxylic acids is 1. The maximum Gasteiger partial charge on any atom is 0.305 e. The van der Waals surface area contributed by atoms with Gasteiger partial charge in [0.25, 0.3) is 0 Å². The van der Waals surface area contributed by atoms with Crippen LogP contribution >= 0.6 is 0 Å². The van der Waals surface area contributed by atoms with Crippen molar-refractivity contribution in [2.24, 2.45) is 0 Å². The lowest BCUT2D eigenvalue weighted by Crippen LogP contribution is -2.51. The Hall–Kier alpha value is -1.17. The summed E-state index contributed by atoms with van der Waals surface area (Å²) < 4.78 is 30.1. The molecule has 1 rings (SSSR count). The van der Waals surface area contributed by atoms with E-state index in [1.54, 1.807) is 6.92 Å². The molecule has 0 bridgehead atoms. The highest BCUT2D eigenvalue weighted by molar-refractivity contribution is 7.89. The molecule has 0 saturated carbocycles. The summed E-state index contributed by atoms with van der Waals surface area (Å²) in [5.41, 5.74) is 0. The van der Waals surface area contributed by atoms with E-state index < -0.39 is 16.0 Å². The molecule has 114 valence electrons. The van der Waals surface area contributed by atoms with E-state index >= 15 is 0 Å². The van der Waals surface area contributed by atoms with Gasteiger partial charge >= 0.3 is 5.97 Å². The van der Waals surface area contributed by atoms with Crippen LogP contribution in [0.2, 0.25) is 0 Å². The van der Waals surface area contributed by atoms with Crippen molar-refractivity contribution < 1.29 is 17.9 Å². The van der Waals surface area contributed by atoms with E-state index in [2.05, 4.69) is 10.8 Å². The van der Waals surface area contributed by atoms with Gasteiger partial charge in [0.2, 0.25) is 10.0 Å². The molecule has 0 aromatic heterocycles. The van der Waals surface area contributed by atoms with E-state index in [1.807, 2.05) is 4.90 Å². The van der Waals surface area contributed by atoms with Crippen LogP contribution in [0.5, 0.6) is 0 Å². The number of carbonyl (C=O) groups is 1. The number of hydrogen-bond acceptors (Lipinski definition) is 6. The van der Waals surface area contributed by atoms with Gasteiger partial charge in [-0.25, -0.2) is 8.42 Å². The molecule has 0 radical (unpaired) electrons. The van der Waals surface area contributed by atoms with Crippen LogP contribution in [-0.4, -0.2) is 68.7 Å². The molecule has 1 atom stereocenters. The molecular formula is C12H21N3O4S. The normalized spacial score (nSPS) is 19.2. The van der Waals surface area contributed by atoms with Gasteiger partial charge in [-0.05, 0) is 13.3 Å². The van der Waals surface area contributed by atoms with Gasteiger partial charge in [0.15, 0.2) is 0 Å². The van der Waals surface area contributed by atoms with Crippen molar-refractivity contribution in [2.75, 3.05) is 39.0 Å². The van der Waals surface area contributed by atoms with Crippen LogP contribution in [0.15, 0.2) is 0 Å². The summed E-state index contributed by atoms with van der Waals surface area (Å²) in [6.45, 7) is 3.72. The first-order valence-electron chi connectivity index (χ1n) is 6.59. The predicted octanol–water partition coefficient (Wildman–Crippen LogP) is -0.201. The standard InChI is InChI=1S/C12H21N3O4S/c1-11(10-13)14-5-7-15(8-6-14)20(17,18)9-3-4-12(16)19-2/h11H,3-9H2,1-2H3. The van der Waals surface area contributed by atoms with E-state index in [1.165, 1.54) is 11.4 Å². The minimum atomic E-state index is -3.33. The first kappa shape index (κ1) is 16.9. The van der Waals surface area contributed by atoms with Crippen molar-refractivity contribution >= 4 is 16.0 Å². The largest absolute Gasteiger partial charge is 0.469 e. The molecule has 1 aliphatic heterocycles. The third-order valence-corrected chi connectivity index (χ3v) is 5.37. The second kappa shape index (κ2) is 7.57. The second-order valence-electron chi connectivity index (χ2n) is 4.74. The van der Waals surface area contributed by atoms with E-state index in [0.717, 1.165) is 0 Å². The Morgan fingerprint density at radius 3 is 2.45 bits per heavy atom. The second-order valence-corrected chi connectivity index (χ2v) is 6.82. The van der Waals surface area contributed by atoms with Crippen molar-refractivity contribution in [2.45, 2.75) is 25.8 Å². The van der Waals surface area contributed by atoms with Gasteiger partial charge in [0, 0.05) is 32.6 Å². The van der Waals surface area contributed by atoms with Gasteiger partial charge in [-0.15, -0.1) is 0 Å². The SMILES string of the molecule is COC(=O)CCCS(=O)(=O)N1CCN(C(C)C#N)CC1. The average Bonchev–Trinajstić information content (AvgIpc) is 2.46. The number of methoxy groups -OCH3 is 1. The fourth-order valence-electron chi connectivity index (χ4n) is 2.08. The Bertz CT molecular complexity index is 464. The minimum Gasteiger partial charge on any atom is -0.469 e. The minimum absolute atomic E-state index is 0.0457. The average molecular weight is 303 g/mol. The summed E-state index contributed by atoms with van der Waals surface area (Å²) in [5, 5.41) is 8.84. The fourth-order valence-corrected chi connectivity index (χ4v) is 3.57. The van der Waals surface area contributed by atoms with Crippen LogP contribution < -0.4 is 0 Å². The molecule has 20 heavy (non-hydrogen) atoms. The molecule has 1 heterocycles. The quantitative estimate of drug-likeness (QED) is 0.631. The zero-order chi connectivity index (χ0) is 15.2. The summed E-state index contributed by atoms with van der Waals surface area (Å²) in [7, 11) is -2.04. The van der Waals surface area contributed by atoms with Gasteiger partial charge < -0.3 is 4.74 Å². The lowest BCUT2D eigenvalue weighted by Gasteiger charge is -2.35. The molecule has 1 saturated heterocycles. The van der Waals surface area contributed by atoms with Crippen molar-refractivity contribution in [3.05, 3.63) is 0 Å². The molecule has 0 amide bonds. The number of rotatable bonds is 6. The molecule has 1 fully saturated rings. The molecule has 7 nitrogen and oxygen atoms in total. The highest BCUT2D eigenvalue weighted by atomic mass is 32.2. The fraction of sp³-hybridized carbons (Fsp3) is 0.833. The smallest absolute Gasteiger partial charge is 0.305 e. The van der Waals surface area contributed by atoms with Gasteiger partial charge in [-0.2, -0.15) is 9.57 Å². The van der Waals surface area contributed by atoms with Gasteiger partial charge in [-0.3, -0.25) is 9.69 Å². The third-order valence-electron chi connectivity index (χ3n) is 3.41. The molecule has 0 aliphatic carbocycles. The Morgan fingerprint density at radius 2 is 1.95 bits per heavy atom. The summed E-state index contributed by atoms with van der Waals surface area (Å²) in [5.74, 6) is -0.441. The molecule has 1 unspecified atom stereocenters. The molecule has 0 aromatic carbocycles. The maximum absolute atomic E-state index is 12.1. The highest BCUT2D eigenvalue weighted by Gasteiger charge is 2.28. The Kier molecular flexibility index (Phi) is 6.39. The van der Waals surface area contributed by atoms with Crippen molar-refractivity contribution in [3.8, 4) is 6.07 Å². The predicted molar refractivity (Wildman–Crippen MR) is 73.3 cm³/mol. The van der Waals surface area contributed by atoms with Crippen LogP contribution in [0.4, 0.5) is 0 Å². The number of piperazine rings is 1.